The van der Waals surface area contributed by atoms with Crippen molar-refractivity contribution in [3.63, 3.8) is 0 Å². The first-order chi connectivity index (χ1) is 9.56. The number of rotatable bonds is 6. The first-order valence-electron chi connectivity index (χ1n) is 5.86. The van der Waals surface area contributed by atoms with Gasteiger partial charge in [-0.2, -0.15) is 0 Å². The van der Waals surface area contributed by atoms with Crippen LogP contribution >= 0.6 is 0 Å². The lowest BCUT2D eigenvalue weighted by Crippen LogP contribution is -2.28. The van der Waals surface area contributed by atoms with Crippen LogP contribution in [0, 0.1) is 0 Å². The molecule has 0 saturated carbocycles. The molecule has 6 nitrogen and oxygen atoms in total. The van der Waals surface area contributed by atoms with Crippen LogP contribution in [0.25, 0.3) is 0 Å². The predicted molar refractivity (Wildman–Crippen MR) is 72.3 cm³/mol. The molecule has 1 aromatic rings. The zero-order valence-corrected chi connectivity index (χ0v) is 11.5. The zero-order valence-electron chi connectivity index (χ0n) is 11.5. The third kappa shape index (κ3) is 5.01. The summed E-state index contributed by atoms with van der Waals surface area (Å²) < 4.78 is 14.5. The molecule has 0 aliphatic rings. The molecule has 0 spiro atoms. The van der Waals surface area contributed by atoms with Crippen LogP contribution in [0.15, 0.2) is 36.4 Å². The van der Waals surface area contributed by atoms with Crippen LogP contribution in [0.2, 0.25) is 0 Å². The SMILES string of the molecule is C=C(CNC(=O)OCc1ccc(OC)cc1)C(=O)OC. The number of hydrogen-bond donors (Lipinski definition) is 1. The summed E-state index contributed by atoms with van der Waals surface area (Å²) in [4.78, 5) is 22.4. The number of carbonyl (C=O) groups excluding carboxylic acids is 2. The van der Waals surface area contributed by atoms with Gasteiger partial charge in [-0.25, -0.2) is 9.59 Å². The summed E-state index contributed by atoms with van der Waals surface area (Å²) in [5.41, 5.74) is 0.974. The van der Waals surface area contributed by atoms with Gasteiger partial charge in [0, 0.05) is 5.57 Å². The van der Waals surface area contributed by atoms with E-state index in [1.54, 1.807) is 31.4 Å². The number of benzene rings is 1. The fourth-order valence-corrected chi connectivity index (χ4v) is 1.32. The number of methoxy groups -OCH3 is 2. The summed E-state index contributed by atoms with van der Waals surface area (Å²) in [6.45, 7) is 3.58. The Morgan fingerprint density at radius 3 is 2.40 bits per heavy atom. The van der Waals surface area contributed by atoms with Crippen molar-refractivity contribution in [3.05, 3.63) is 42.0 Å². The Kier molecular flexibility index (Phi) is 6.09. The number of esters is 1. The van der Waals surface area contributed by atoms with E-state index in [4.69, 9.17) is 9.47 Å². The quantitative estimate of drug-likeness (QED) is 0.633. The van der Waals surface area contributed by atoms with Gasteiger partial charge in [-0.3, -0.25) is 0 Å². The average molecular weight is 279 g/mol. The zero-order chi connectivity index (χ0) is 15.0. The van der Waals surface area contributed by atoms with Crippen molar-refractivity contribution in [1.82, 2.24) is 5.32 Å². The van der Waals surface area contributed by atoms with Crippen LogP contribution < -0.4 is 10.1 Å². The highest BCUT2D eigenvalue weighted by Crippen LogP contribution is 2.11. The second-order valence-electron chi connectivity index (χ2n) is 3.87. The maximum absolute atomic E-state index is 11.4. The van der Waals surface area contributed by atoms with E-state index in [9.17, 15) is 9.59 Å². The van der Waals surface area contributed by atoms with E-state index in [0.29, 0.717) is 0 Å². The molecule has 6 heteroatoms. The van der Waals surface area contributed by atoms with Gasteiger partial charge in [-0.05, 0) is 17.7 Å². The second-order valence-corrected chi connectivity index (χ2v) is 3.87. The summed E-state index contributed by atoms with van der Waals surface area (Å²) in [7, 11) is 2.82. The monoisotopic (exact) mass is 279 g/mol. The van der Waals surface area contributed by atoms with E-state index >= 15 is 0 Å². The van der Waals surface area contributed by atoms with Crippen molar-refractivity contribution in [2.24, 2.45) is 0 Å². The largest absolute Gasteiger partial charge is 0.497 e. The topological polar surface area (TPSA) is 73.9 Å². The van der Waals surface area contributed by atoms with E-state index in [2.05, 4.69) is 16.6 Å². The molecule has 0 radical (unpaired) electrons. The predicted octanol–water partition coefficient (Wildman–Crippen LogP) is 1.65. The molecular weight excluding hydrogens is 262 g/mol. The molecule has 1 rings (SSSR count). The van der Waals surface area contributed by atoms with Crippen LogP contribution in [0.5, 0.6) is 5.75 Å². The molecule has 108 valence electrons. The summed E-state index contributed by atoms with van der Waals surface area (Å²) in [6.07, 6.45) is -0.633. The molecule has 1 amide bonds. The van der Waals surface area contributed by atoms with E-state index in [1.807, 2.05) is 0 Å². The lowest BCUT2D eigenvalue weighted by Gasteiger charge is -2.08. The minimum Gasteiger partial charge on any atom is -0.497 e. The molecule has 20 heavy (non-hydrogen) atoms. The smallest absolute Gasteiger partial charge is 0.407 e. The van der Waals surface area contributed by atoms with Crippen LogP contribution in [0.4, 0.5) is 4.79 Å². The van der Waals surface area contributed by atoms with Crippen LogP contribution in [-0.2, 0) is 20.9 Å². The highest BCUT2D eigenvalue weighted by atomic mass is 16.5. The molecule has 1 N–H and O–H groups in total. The number of alkyl carbamates (subject to hydrolysis) is 1. The molecule has 0 aromatic heterocycles. The van der Waals surface area contributed by atoms with Gasteiger partial charge >= 0.3 is 12.1 Å². The molecule has 0 unspecified atom stereocenters. The third-order valence-corrected chi connectivity index (χ3v) is 2.45. The van der Waals surface area contributed by atoms with Crippen molar-refractivity contribution >= 4 is 12.1 Å². The van der Waals surface area contributed by atoms with Gasteiger partial charge in [0.1, 0.15) is 12.4 Å². The minimum atomic E-state index is -0.633. The fraction of sp³-hybridized carbons (Fsp3) is 0.286. The number of hydrogen-bond acceptors (Lipinski definition) is 5. The van der Waals surface area contributed by atoms with Crippen molar-refractivity contribution in [2.75, 3.05) is 20.8 Å². The standard InChI is InChI=1S/C14H17NO5/c1-10(13(16)19-3)8-15-14(17)20-9-11-4-6-12(18-2)7-5-11/h4-7H,1,8-9H2,2-3H3,(H,15,17). The Morgan fingerprint density at radius 2 is 1.85 bits per heavy atom. The Bertz CT molecular complexity index is 481. The van der Waals surface area contributed by atoms with Gasteiger partial charge in [-0.15, -0.1) is 0 Å². The molecule has 1 aromatic carbocycles. The summed E-state index contributed by atoms with van der Waals surface area (Å²) in [6, 6.07) is 7.13. The van der Waals surface area contributed by atoms with Gasteiger partial charge in [0.05, 0.1) is 20.8 Å². The third-order valence-electron chi connectivity index (χ3n) is 2.45. The Balaban J connectivity index is 2.32. The van der Waals surface area contributed by atoms with Crippen LogP contribution in [-0.4, -0.2) is 32.8 Å². The minimum absolute atomic E-state index is 0.0197. The molecule has 0 fully saturated rings. The van der Waals surface area contributed by atoms with Crippen LogP contribution in [0.3, 0.4) is 0 Å². The van der Waals surface area contributed by atoms with Gasteiger partial charge in [0.25, 0.3) is 0 Å². The first kappa shape index (κ1) is 15.6. The molecule has 0 saturated heterocycles. The Hall–Kier alpha value is -2.50. The van der Waals surface area contributed by atoms with Gasteiger partial charge in [0.15, 0.2) is 0 Å². The number of amides is 1. The van der Waals surface area contributed by atoms with E-state index in [1.165, 1.54) is 7.11 Å². The van der Waals surface area contributed by atoms with Crippen molar-refractivity contribution in [2.45, 2.75) is 6.61 Å². The van der Waals surface area contributed by atoms with Gasteiger partial charge in [-0.1, -0.05) is 18.7 Å². The Labute approximate surface area is 117 Å². The maximum Gasteiger partial charge on any atom is 0.407 e. The Morgan fingerprint density at radius 1 is 1.20 bits per heavy atom. The number of nitrogens with one attached hydrogen (secondary N) is 1. The number of ether oxygens (including phenoxy) is 3. The van der Waals surface area contributed by atoms with Crippen molar-refractivity contribution < 1.29 is 23.8 Å². The summed E-state index contributed by atoms with van der Waals surface area (Å²) in [5, 5.41) is 2.40. The molecule has 0 aliphatic heterocycles. The van der Waals surface area contributed by atoms with E-state index in [0.717, 1.165) is 11.3 Å². The van der Waals surface area contributed by atoms with Gasteiger partial charge in [0.2, 0.25) is 0 Å². The highest BCUT2D eigenvalue weighted by Gasteiger charge is 2.09. The summed E-state index contributed by atoms with van der Waals surface area (Å²) >= 11 is 0. The molecular formula is C14H17NO5. The molecule has 0 heterocycles. The normalized spacial score (nSPS) is 9.50. The second kappa shape index (κ2) is 7.83. The first-order valence-corrected chi connectivity index (χ1v) is 5.86. The number of carbonyl (C=O) groups is 2. The van der Waals surface area contributed by atoms with Gasteiger partial charge < -0.3 is 19.5 Å². The lowest BCUT2D eigenvalue weighted by molar-refractivity contribution is -0.136. The molecule has 0 aliphatic carbocycles. The van der Waals surface area contributed by atoms with E-state index < -0.39 is 12.1 Å². The lowest BCUT2D eigenvalue weighted by atomic mass is 10.2. The van der Waals surface area contributed by atoms with Crippen molar-refractivity contribution in [1.29, 1.82) is 0 Å². The molecule has 0 bridgehead atoms. The van der Waals surface area contributed by atoms with Crippen molar-refractivity contribution in [3.8, 4) is 5.75 Å². The van der Waals surface area contributed by atoms with Crippen LogP contribution in [0.1, 0.15) is 5.56 Å². The summed E-state index contributed by atoms with van der Waals surface area (Å²) in [5.74, 6) is 0.160. The highest BCUT2D eigenvalue weighted by molar-refractivity contribution is 5.88. The fourth-order valence-electron chi connectivity index (χ4n) is 1.32. The van der Waals surface area contributed by atoms with E-state index in [-0.39, 0.29) is 18.7 Å². The average Bonchev–Trinajstić information content (AvgIpc) is 2.50. The maximum atomic E-state index is 11.4. The molecule has 0 atom stereocenters.